The maximum absolute atomic E-state index is 13.3. The average molecular weight is 286 g/mol. The van der Waals surface area contributed by atoms with Gasteiger partial charge in [-0.2, -0.15) is 0 Å². The molecule has 2 aromatic carbocycles. The zero-order valence-corrected chi connectivity index (χ0v) is 11.9. The van der Waals surface area contributed by atoms with Crippen LogP contribution in [0, 0.1) is 5.82 Å². The van der Waals surface area contributed by atoms with E-state index in [-0.39, 0.29) is 5.82 Å². The van der Waals surface area contributed by atoms with Crippen LogP contribution in [0.1, 0.15) is 11.1 Å². The standard InChI is InChI=1S/C17H19FN2O/c18-15-5-4-14-6-7-20(17(14)11-15)8-9-21-16-3-1-2-13(10-16)12-19/h1-5,10-11H,6-9,12,19H2. The van der Waals surface area contributed by atoms with Gasteiger partial charge in [-0.05, 0) is 41.8 Å². The molecule has 3 rings (SSSR count). The first-order chi connectivity index (χ1) is 10.3. The van der Waals surface area contributed by atoms with Gasteiger partial charge in [0.2, 0.25) is 0 Å². The Morgan fingerprint density at radius 3 is 2.95 bits per heavy atom. The maximum Gasteiger partial charge on any atom is 0.125 e. The highest BCUT2D eigenvalue weighted by molar-refractivity contribution is 5.58. The van der Waals surface area contributed by atoms with E-state index in [9.17, 15) is 4.39 Å². The molecule has 0 spiro atoms. The molecule has 1 aliphatic rings. The topological polar surface area (TPSA) is 38.5 Å². The Bertz CT molecular complexity index is 630. The third-order valence-corrected chi connectivity index (χ3v) is 3.80. The van der Waals surface area contributed by atoms with E-state index in [2.05, 4.69) is 4.90 Å². The summed E-state index contributed by atoms with van der Waals surface area (Å²) in [5.41, 5.74) is 8.88. The molecule has 0 fully saturated rings. The normalized spacial score (nSPS) is 13.3. The second-order valence-electron chi connectivity index (χ2n) is 5.21. The van der Waals surface area contributed by atoms with Crippen molar-refractivity contribution in [1.82, 2.24) is 0 Å². The fourth-order valence-electron chi connectivity index (χ4n) is 2.69. The number of anilines is 1. The number of halogens is 1. The van der Waals surface area contributed by atoms with Crippen molar-refractivity contribution in [2.75, 3.05) is 24.6 Å². The summed E-state index contributed by atoms with van der Waals surface area (Å²) in [6.45, 7) is 2.76. The third-order valence-electron chi connectivity index (χ3n) is 3.80. The van der Waals surface area contributed by atoms with Gasteiger partial charge in [0.25, 0.3) is 0 Å². The quantitative estimate of drug-likeness (QED) is 0.918. The molecule has 0 aliphatic carbocycles. The number of benzene rings is 2. The van der Waals surface area contributed by atoms with Crippen LogP contribution in [0.2, 0.25) is 0 Å². The smallest absolute Gasteiger partial charge is 0.125 e. The fourth-order valence-corrected chi connectivity index (χ4v) is 2.69. The Morgan fingerprint density at radius 1 is 1.19 bits per heavy atom. The third kappa shape index (κ3) is 3.16. The van der Waals surface area contributed by atoms with Crippen molar-refractivity contribution in [1.29, 1.82) is 0 Å². The number of fused-ring (bicyclic) bond motifs is 1. The van der Waals surface area contributed by atoms with Crippen molar-refractivity contribution in [2.45, 2.75) is 13.0 Å². The molecule has 0 aromatic heterocycles. The number of nitrogens with two attached hydrogens (primary N) is 1. The molecule has 1 heterocycles. The van der Waals surface area contributed by atoms with E-state index in [0.29, 0.717) is 13.2 Å². The van der Waals surface area contributed by atoms with Crippen LogP contribution in [-0.4, -0.2) is 19.7 Å². The zero-order valence-electron chi connectivity index (χ0n) is 11.9. The van der Waals surface area contributed by atoms with Gasteiger partial charge in [-0.1, -0.05) is 18.2 Å². The first-order valence-corrected chi connectivity index (χ1v) is 7.21. The van der Waals surface area contributed by atoms with E-state index in [4.69, 9.17) is 10.5 Å². The molecule has 0 atom stereocenters. The number of rotatable bonds is 5. The molecule has 0 radical (unpaired) electrons. The van der Waals surface area contributed by atoms with Gasteiger partial charge in [-0.15, -0.1) is 0 Å². The van der Waals surface area contributed by atoms with Crippen LogP contribution in [0.25, 0.3) is 0 Å². The molecule has 2 N–H and O–H groups in total. The van der Waals surface area contributed by atoms with Crippen LogP contribution in [0.3, 0.4) is 0 Å². The lowest BCUT2D eigenvalue weighted by molar-refractivity contribution is 0.324. The Morgan fingerprint density at radius 2 is 2.10 bits per heavy atom. The van der Waals surface area contributed by atoms with Crippen LogP contribution in [-0.2, 0) is 13.0 Å². The first-order valence-electron chi connectivity index (χ1n) is 7.21. The molecule has 0 amide bonds. The predicted octanol–water partition coefficient (Wildman–Crippen LogP) is 2.73. The Labute approximate surface area is 124 Å². The number of ether oxygens (including phenoxy) is 1. The van der Waals surface area contributed by atoms with E-state index >= 15 is 0 Å². The summed E-state index contributed by atoms with van der Waals surface area (Å²) in [7, 11) is 0. The summed E-state index contributed by atoms with van der Waals surface area (Å²) in [5.74, 6) is 0.647. The lowest BCUT2D eigenvalue weighted by atomic mass is 10.2. The molecule has 3 nitrogen and oxygen atoms in total. The van der Waals surface area contributed by atoms with Crippen molar-refractivity contribution in [3.8, 4) is 5.75 Å². The Balaban J connectivity index is 1.58. The predicted molar refractivity (Wildman–Crippen MR) is 82.1 cm³/mol. The van der Waals surface area contributed by atoms with Crippen molar-refractivity contribution in [3.05, 3.63) is 59.4 Å². The van der Waals surface area contributed by atoms with Gasteiger partial charge in [0.05, 0.1) is 6.54 Å². The highest BCUT2D eigenvalue weighted by Crippen LogP contribution is 2.28. The molecule has 0 bridgehead atoms. The second-order valence-corrected chi connectivity index (χ2v) is 5.21. The summed E-state index contributed by atoms with van der Waals surface area (Å²) >= 11 is 0. The van der Waals surface area contributed by atoms with Crippen molar-refractivity contribution in [3.63, 3.8) is 0 Å². The van der Waals surface area contributed by atoms with E-state index in [1.54, 1.807) is 6.07 Å². The highest BCUT2D eigenvalue weighted by atomic mass is 19.1. The summed E-state index contributed by atoms with van der Waals surface area (Å²) in [4.78, 5) is 2.17. The summed E-state index contributed by atoms with van der Waals surface area (Å²) in [5, 5.41) is 0. The van der Waals surface area contributed by atoms with E-state index < -0.39 is 0 Å². The Kier molecular flexibility index (Phi) is 4.06. The monoisotopic (exact) mass is 286 g/mol. The van der Waals surface area contributed by atoms with Crippen LogP contribution in [0.5, 0.6) is 5.75 Å². The summed E-state index contributed by atoms with van der Waals surface area (Å²) < 4.78 is 19.1. The number of hydrogen-bond donors (Lipinski definition) is 1. The lowest BCUT2D eigenvalue weighted by Gasteiger charge is -2.19. The lowest BCUT2D eigenvalue weighted by Crippen LogP contribution is -2.26. The number of nitrogens with zero attached hydrogens (tertiary/aromatic N) is 1. The van der Waals surface area contributed by atoms with Gasteiger partial charge in [0.15, 0.2) is 0 Å². The molecule has 4 heteroatoms. The Hall–Kier alpha value is -2.07. The van der Waals surface area contributed by atoms with Crippen molar-refractivity contribution < 1.29 is 9.13 Å². The number of hydrogen-bond acceptors (Lipinski definition) is 3. The van der Waals surface area contributed by atoms with Gasteiger partial charge in [0.1, 0.15) is 18.2 Å². The van der Waals surface area contributed by atoms with E-state index in [0.717, 1.165) is 36.5 Å². The zero-order chi connectivity index (χ0) is 14.7. The van der Waals surface area contributed by atoms with Crippen LogP contribution < -0.4 is 15.4 Å². The van der Waals surface area contributed by atoms with Gasteiger partial charge in [0, 0.05) is 18.8 Å². The van der Waals surface area contributed by atoms with Crippen LogP contribution in [0.4, 0.5) is 10.1 Å². The minimum atomic E-state index is -0.183. The first kappa shape index (κ1) is 13.9. The molecular weight excluding hydrogens is 267 g/mol. The molecule has 0 saturated carbocycles. The van der Waals surface area contributed by atoms with Gasteiger partial charge in [-0.25, -0.2) is 4.39 Å². The average Bonchev–Trinajstić information content (AvgIpc) is 2.90. The van der Waals surface area contributed by atoms with Gasteiger partial charge < -0.3 is 15.4 Å². The summed E-state index contributed by atoms with van der Waals surface area (Å²) in [6, 6.07) is 12.8. The molecule has 21 heavy (non-hydrogen) atoms. The summed E-state index contributed by atoms with van der Waals surface area (Å²) in [6.07, 6.45) is 0.971. The second kappa shape index (κ2) is 6.14. The fraction of sp³-hybridized carbons (Fsp3) is 0.294. The molecule has 110 valence electrons. The highest BCUT2D eigenvalue weighted by Gasteiger charge is 2.19. The molecule has 0 saturated heterocycles. The van der Waals surface area contributed by atoms with Crippen molar-refractivity contribution in [2.24, 2.45) is 5.73 Å². The van der Waals surface area contributed by atoms with Crippen molar-refractivity contribution >= 4 is 5.69 Å². The SMILES string of the molecule is NCc1cccc(OCCN2CCc3ccc(F)cc32)c1. The van der Waals surface area contributed by atoms with Gasteiger partial charge >= 0.3 is 0 Å². The molecule has 0 unspecified atom stereocenters. The molecular formula is C17H19FN2O. The van der Waals surface area contributed by atoms with Crippen LogP contribution >= 0.6 is 0 Å². The molecule has 1 aliphatic heterocycles. The maximum atomic E-state index is 13.3. The minimum absolute atomic E-state index is 0.183. The van der Waals surface area contributed by atoms with Gasteiger partial charge in [-0.3, -0.25) is 0 Å². The van der Waals surface area contributed by atoms with E-state index in [1.807, 2.05) is 30.3 Å². The van der Waals surface area contributed by atoms with E-state index in [1.165, 1.54) is 11.6 Å². The molecule has 2 aromatic rings. The minimum Gasteiger partial charge on any atom is -0.492 e. The largest absolute Gasteiger partial charge is 0.492 e. The van der Waals surface area contributed by atoms with Crippen LogP contribution in [0.15, 0.2) is 42.5 Å².